The zero-order valence-electron chi connectivity index (χ0n) is 15.7. The van der Waals surface area contributed by atoms with Crippen LogP contribution in [0.2, 0.25) is 0 Å². The van der Waals surface area contributed by atoms with Crippen LogP contribution < -0.4 is 10.6 Å². The number of rotatable bonds is 8. The van der Waals surface area contributed by atoms with Crippen molar-refractivity contribution in [1.82, 2.24) is 15.5 Å². The molecular formula is C19H32N4O. The molecule has 5 heteroatoms. The average molecular weight is 332 g/mol. The van der Waals surface area contributed by atoms with E-state index in [0.29, 0.717) is 13.0 Å². The van der Waals surface area contributed by atoms with Crippen molar-refractivity contribution in [3.63, 3.8) is 0 Å². The van der Waals surface area contributed by atoms with Crippen LogP contribution in [0.3, 0.4) is 0 Å². The van der Waals surface area contributed by atoms with E-state index in [0.717, 1.165) is 25.3 Å². The number of nitrogens with zero attached hydrogens (tertiary/aromatic N) is 2. The van der Waals surface area contributed by atoms with Crippen LogP contribution in [0, 0.1) is 0 Å². The van der Waals surface area contributed by atoms with Gasteiger partial charge in [0.2, 0.25) is 5.91 Å². The molecule has 1 amide bonds. The first-order valence-electron chi connectivity index (χ1n) is 8.79. The molecule has 0 fully saturated rings. The molecule has 0 radical (unpaired) electrons. The lowest BCUT2D eigenvalue weighted by molar-refractivity contribution is -0.121. The summed E-state index contributed by atoms with van der Waals surface area (Å²) in [5, 5.41) is 6.22. The maximum Gasteiger partial charge on any atom is 0.221 e. The van der Waals surface area contributed by atoms with E-state index in [-0.39, 0.29) is 11.9 Å². The third kappa shape index (κ3) is 7.02. The van der Waals surface area contributed by atoms with E-state index < -0.39 is 0 Å². The second kappa shape index (κ2) is 10.7. The molecule has 0 spiro atoms. The van der Waals surface area contributed by atoms with Crippen molar-refractivity contribution in [3.8, 4) is 0 Å². The molecule has 1 rings (SSSR count). The number of aliphatic imine (C=N–C) groups is 1. The molecule has 0 bridgehead atoms. The minimum Gasteiger partial charge on any atom is -0.356 e. The maximum absolute atomic E-state index is 11.8. The van der Waals surface area contributed by atoms with Crippen LogP contribution in [-0.2, 0) is 17.8 Å². The molecular weight excluding hydrogens is 300 g/mol. The van der Waals surface area contributed by atoms with Crippen molar-refractivity contribution >= 4 is 11.9 Å². The molecule has 0 aliphatic carbocycles. The van der Waals surface area contributed by atoms with Crippen molar-refractivity contribution in [2.24, 2.45) is 4.99 Å². The number of amides is 1. The third-order valence-corrected chi connectivity index (χ3v) is 4.08. The molecule has 134 valence electrons. The molecule has 0 aromatic heterocycles. The van der Waals surface area contributed by atoms with Gasteiger partial charge in [0.25, 0.3) is 0 Å². The summed E-state index contributed by atoms with van der Waals surface area (Å²) in [5.41, 5.74) is 2.59. The topological polar surface area (TPSA) is 56.7 Å². The highest BCUT2D eigenvalue weighted by Gasteiger charge is 2.09. The van der Waals surface area contributed by atoms with Crippen molar-refractivity contribution < 1.29 is 4.79 Å². The molecule has 5 nitrogen and oxygen atoms in total. The molecule has 2 N–H and O–H groups in total. The van der Waals surface area contributed by atoms with Gasteiger partial charge in [0, 0.05) is 39.6 Å². The highest BCUT2D eigenvalue weighted by molar-refractivity contribution is 5.81. The first-order valence-corrected chi connectivity index (χ1v) is 8.79. The zero-order valence-corrected chi connectivity index (χ0v) is 15.7. The predicted octanol–water partition coefficient (Wildman–Crippen LogP) is 2.56. The highest BCUT2D eigenvalue weighted by Crippen LogP contribution is 2.07. The Morgan fingerprint density at radius 1 is 1.21 bits per heavy atom. The van der Waals surface area contributed by atoms with Gasteiger partial charge < -0.3 is 15.5 Å². The van der Waals surface area contributed by atoms with Crippen LogP contribution >= 0.6 is 0 Å². The number of carbonyl (C=O) groups is 1. The smallest absolute Gasteiger partial charge is 0.221 e. The molecule has 1 unspecified atom stereocenters. The van der Waals surface area contributed by atoms with Crippen LogP contribution in [0.1, 0.15) is 44.7 Å². The van der Waals surface area contributed by atoms with Gasteiger partial charge in [-0.3, -0.25) is 9.79 Å². The Bertz CT molecular complexity index is 525. The summed E-state index contributed by atoms with van der Waals surface area (Å²) in [5.74, 6) is 0.871. The maximum atomic E-state index is 11.8. The van der Waals surface area contributed by atoms with Gasteiger partial charge in [0.15, 0.2) is 5.96 Å². The van der Waals surface area contributed by atoms with Gasteiger partial charge in [0.05, 0.1) is 0 Å². The summed E-state index contributed by atoms with van der Waals surface area (Å²) in [6, 6.07) is 8.87. The fraction of sp³-hybridized carbons (Fsp3) is 0.579. The van der Waals surface area contributed by atoms with E-state index in [9.17, 15) is 4.79 Å². The lowest BCUT2D eigenvalue weighted by Gasteiger charge is -2.22. The molecule has 0 saturated carbocycles. The van der Waals surface area contributed by atoms with Crippen molar-refractivity contribution in [2.45, 2.75) is 52.6 Å². The standard InChI is InChI=1S/C19H32N4O/c1-6-15(3)22-18(24)12-13-21-19(20-4)23(5)14-17-10-8-16(7-2)9-11-17/h8-11,15H,6-7,12-14H2,1-5H3,(H,20,21)(H,22,24). The lowest BCUT2D eigenvalue weighted by atomic mass is 10.1. The van der Waals surface area contributed by atoms with Gasteiger partial charge in [-0.1, -0.05) is 38.1 Å². The summed E-state index contributed by atoms with van der Waals surface area (Å²) in [6.45, 7) is 7.59. The Labute approximate surface area is 146 Å². The van der Waals surface area contributed by atoms with Crippen LogP contribution in [0.25, 0.3) is 0 Å². The van der Waals surface area contributed by atoms with E-state index in [1.165, 1.54) is 11.1 Å². The summed E-state index contributed by atoms with van der Waals surface area (Å²) in [7, 11) is 3.76. The molecule has 0 heterocycles. The fourth-order valence-corrected chi connectivity index (χ4v) is 2.35. The first kappa shape index (κ1) is 20.0. The van der Waals surface area contributed by atoms with Gasteiger partial charge in [-0.2, -0.15) is 0 Å². The molecule has 1 atom stereocenters. The average Bonchev–Trinajstić information content (AvgIpc) is 2.59. The van der Waals surface area contributed by atoms with Crippen molar-refractivity contribution in [1.29, 1.82) is 0 Å². The van der Waals surface area contributed by atoms with Crippen molar-refractivity contribution in [3.05, 3.63) is 35.4 Å². The number of nitrogens with one attached hydrogen (secondary N) is 2. The molecule has 1 aromatic rings. The van der Waals surface area contributed by atoms with E-state index in [2.05, 4.69) is 58.6 Å². The summed E-state index contributed by atoms with van der Waals surface area (Å²) >= 11 is 0. The van der Waals surface area contributed by atoms with E-state index >= 15 is 0 Å². The van der Waals surface area contributed by atoms with Crippen LogP contribution in [-0.4, -0.2) is 43.4 Å². The molecule has 0 saturated heterocycles. The second-order valence-corrected chi connectivity index (χ2v) is 6.13. The molecule has 0 aliphatic rings. The molecule has 1 aromatic carbocycles. The SMILES string of the molecule is CCc1ccc(CN(C)C(=NC)NCCC(=O)NC(C)CC)cc1. The minimum absolute atomic E-state index is 0.0742. The lowest BCUT2D eigenvalue weighted by Crippen LogP contribution is -2.41. The second-order valence-electron chi connectivity index (χ2n) is 6.13. The Hall–Kier alpha value is -2.04. The Balaban J connectivity index is 2.43. The summed E-state index contributed by atoms with van der Waals surface area (Å²) in [4.78, 5) is 18.2. The van der Waals surface area contributed by atoms with Gasteiger partial charge >= 0.3 is 0 Å². The van der Waals surface area contributed by atoms with Gasteiger partial charge in [-0.15, -0.1) is 0 Å². The minimum atomic E-state index is 0.0742. The monoisotopic (exact) mass is 332 g/mol. The Morgan fingerprint density at radius 3 is 2.38 bits per heavy atom. The van der Waals surface area contributed by atoms with Crippen LogP contribution in [0.5, 0.6) is 0 Å². The fourth-order valence-electron chi connectivity index (χ4n) is 2.35. The predicted molar refractivity (Wildman–Crippen MR) is 101 cm³/mol. The van der Waals surface area contributed by atoms with Crippen LogP contribution in [0.15, 0.2) is 29.3 Å². The van der Waals surface area contributed by atoms with E-state index in [1.54, 1.807) is 7.05 Å². The zero-order chi connectivity index (χ0) is 17.9. The number of hydrogen-bond acceptors (Lipinski definition) is 2. The number of guanidine groups is 1. The first-order chi connectivity index (χ1) is 11.5. The molecule has 24 heavy (non-hydrogen) atoms. The number of benzene rings is 1. The van der Waals surface area contributed by atoms with Gasteiger partial charge in [-0.25, -0.2) is 0 Å². The number of aryl methyl sites for hydroxylation is 1. The third-order valence-electron chi connectivity index (χ3n) is 4.08. The van der Waals surface area contributed by atoms with Gasteiger partial charge in [0.1, 0.15) is 0 Å². The normalized spacial score (nSPS) is 12.6. The summed E-state index contributed by atoms with van der Waals surface area (Å²) < 4.78 is 0. The van der Waals surface area contributed by atoms with E-state index in [4.69, 9.17) is 0 Å². The van der Waals surface area contributed by atoms with Crippen molar-refractivity contribution in [2.75, 3.05) is 20.6 Å². The molecule has 0 aliphatic heterocycles. The quantitative estimate of drug-likeness (QED) is 0.568. The Kier molecular flexibility index (Phi) is 8.90. The van der Waals surface area contributed by atoms with Gasteiger partial charge in [-0.05, 0) is 30.9 Å². The van der Waals surface area contributed by atoms with E-state index in [1.807, 2.05) is 14.0 Å². The highest BCUT2D eigenvalue weighted by atomic mass is 16.1. The van der Waals surface area contributed by atoms with Crippen LogP contribution in [0.4, 0.5) is 0 Å². The number of carbonyl (C=O) groups excluding carboxylic acids is 1. The summed E-state index contributed by atoms with van der Waals surface area (Å²) in [6.07, 6.45) is 2.45. The Morgan fingerprint density at radius 2 is 1.83 bits per heavy atom. The number of hydrogen-bond donors (Lipinski definition) is 2. The largest absolute Gasteiger partial charge is 0.356 e.